The highest BCUT2D eigenvalue weighted by molar-refractivity contribution is 5.38. The fourth-order valence-corrected chi connectivity index (χ4v) is 2.32. The molecule has 2 aliphatic rings. The van der Waals surface area contributed by atoms with Gasteiger partial charge in [-0.1, -0.05) is 0 Å². The van der Waals surface area contributed by atoms with E-state index < -0.39 is 0 Å². The van der Waals surface area contributed by atoms with Crippen LogP contribution < -0.4 is 15.0 Å². The zero-order valence-corrected chi connectivity index (χ0v) is 11.1. The smallest absolute Gasteiger partial charge is 0.323 e. The van der Waals surface area contributed by atoms with Crippen molar-refractivity contribution in [2.45, 2.75) is 25.4 Å². The maximum absolute atomic E-state index is 5.76. The Morgan fingerprint density at radius 2 is 2.11 bits per heavy atom. The number of rotatable bonds is 4. The van der Waals surface area contributed by atoms with Crippen LogP contribution in [0, 0.1) is 0 Å². The molecule has 7 nitrogen and oxygen atoms in total. The molecule has 3 rings (SSSR count). The predicted octanol–water partition coefficient (Wildman–Crippen LogP) is 0.681. The van der Waals surface area contributed by atoms with Crippen molar-refractivity contribution < 1.29 is 9.47 Å². The Kier molecular flexibility index (Phi) is 3.63. The van der Waals surface area contributed by atoms with E-state index in [1.807, 2.05) is 0 Å². The molecule has 1 N–H and O–H groups in total. The van der Waals surface area contributed by atoms with E-state index in [1.54, 1.807) is 7.05 Å². The summed E-state index contributed by atoms with van der Waals surface area (Å²) in [4.78, 5) is 15.2. The van der Waals surface area contributed by atoms with Crippen molar-refractivity contribution in [3.8, 4) is 6.01 Å². The van der Waals surface area contributed by atoms with Gasteiger partial charge in [0.1, 0.15) is 6.10 Å². The molecular weight excluding hydrogens is 246 g/mol. The van der Waals surface area contributed by atoms with Gasteiger partial charge < -0.3 is 19.7 Å². The van der Waals surface area contributed by atoms with Crippen molar-refractivity contribution in [3.05, 3.63) is 0 Å². The van der Waals surface area contributed by atoms with Crippen LogP contribution in [0.15, 0.2) is 0 Å². The van der Waals surface area contributed by atoms with Crippen LogP contribution in [-0.4, -0.2) is 54.4 Å². The van der Waals surface area contributed by atoms with E-state index in [1.165, 1.54) is 12.8 Å². The van der Waals surface area contributed by atoms with E-state index in [2.05, 4.69) is 25.2 Å². The Morgan fingerprint density at radius 3 is 2.79 bits per heavy atom. The van der Waals surface area contributed by atoms with Crippen molar-refractivity contribution in [3.63, 3.8) is 0 Å². The van der Waals surface area contributed by atoms with Gasteiger partial charge in [-0.25, -0.2) is 0 Å². The maximum atomic E-state index is 5.76. The summed E-state index contributed by atoms with van der Waals surface area (Å²) < 4.78 is 11.1. The summed E-state index contributed by atoms with van der Waals surface area (Å²) in [7, 11) is 1.80. The van der Waals surface area contributed by atoms with Gasteiger partial charge in [0.2, 0.25) is 11.9 Å². The zero-order valence-electron chi connectivity index (χ0n) is 11.1. The summed E-state index contributed by atoms with van der Waals surface area (Å²) in [5.41, 5.74) is 0. The first-order valence-corrected chi connectivity index (χ1v) is 6.78. The predicted molar refractivity (Wildman–Crippen MR) is 70.7 cm³/mol. The van der Waals surface area contributed by atoms with Gasteiger partial charge >= 0.3 is 6.01 Å². The van der Waals surface area contributed by atoms with Crippen LogP contribution in [0.4, 0.5) is 11.9 Å². The second-order valence-corrected chi connectivity index (χ2v) is 4.79. The van der Waals surface area contributed by atoms with E-state index in [0.717, 1.165) is 26.1 Å². The summed E-state index contributed by atoms with van der Waals surface area (Å²) >= 11 is 0. The third-order valence-electron chi connectivity index (χ3n) is 3.38. The molecule has 0 spiro atoms. The highest BCUT2D eigenvalue weighted by Gasteiger charge is 2.21. The zero-order chi connectivity index (χ0) is 13.1. The lowest BCUT2D eigenvalue weighted by molar-refractivity contribution is 0.134. The van der Waals surface area contributed by atoms with Crippen LogP contribution in [-0.2, 0) is 4.74 Å². The molecule has 2 fully saturated rings. The van der Waals surface area contributed by atoms with Gasteiger partial charge in [-0.2, -0.15) is 15.0 Å². The molecule has 2 aliphatic heterocycles. The van der Waals surface area contributed by atoms with E-state index in [0.29, 0.717) is 24.5 Å². The first kappa shape index (κ1) is 12.4. The average molecular weight is 265 g/mol. The average Bonchev–Trinajstić information content (AvgIpc) is 3.11. The normalized spacial score (nSPS) is 22.8. The molecule has 19 heavy (non-hydrogen) atoms. The van der Waals surface area contributed by atoms with Gasteiger partial charge in [-0.05, 0) is 12.8 Å². The quantitative estimate of drug-likeness (QED) is 0.858. The van der Waals surface area contributed by atoms with Crippen LogP contribution >= 0.6 is 0 Å². The molecule has 0 aliphatic carbocycles. The van der Waals surface area contributed by atoms with Crippen molar-refractivity contribution in [2.75, 3.05) is 43.6 Å². The minimum absolute atomic E-state index is 0.0542. The standard InChI is InChI=1S/C12H19N5O2/c1-13-10-14-11(17-5-2-3-6-17)16-12(15-10)19-9-4-7-18-8-9/h9H,2-8H2,1H3,(H,13,14,15,16). The summed E-state index contributed by atoms with van der Waals surface area (Å²) in [5.74, 6) is 1.25. The number of anilines is 2. The molecule has 1 unspecified atom stereocenters. The summed E-state index contributed by atoms with van der Waals surface area (Å²) in [6.45, 7) is 3.35. The molecule has 0 amide bonds. The summed E-state index contributed by atoms with van der Waals surface area (Å²) in [5, 5.41) is 2.96. The van der Waals surface area contributed by atoms with Crippen LogP contribution in [0.3, 0.4) is 0 Å². The fraction of sp³-hybridized carbons (Fsp3) is 0.750. The van der Waals surface area contributed by atoms with E-state index in [9.17, 15) is 0 Å². The second-order valence-electron chi connectivity index (χ2n) is 4.79. The molecule has 1 atom stereocenters. The number of hydrogen-bond donors (Lipinski definition) is 1. The van der Waals surface area contributed by atoms with Crippen LogP contribution in [0.25, 0.3) is 0 Å². The molecule has 2 saturated heterocycles. The van der Waals surface area contributed by atoms with Gasteiger partial charge in [0.25, 0.3) is 0 Å². The SMILES string of the molecule is CNc1nc(OC2CCOC2)nc(N2CCCC2)n1. The van der Waals surface area contributed by atoms with Crippen molar-refractivity contribution >= 4 is 11.9 Å². The highest BCUT2D eigenvalue weighted by Crippen LogP contribution is 2.20. The molecule has 3 heterocycles. The number of hydrogen-bond acceptors (Lipinski definition) is 7. The molecule has 1 aromatic rings. The maximum Gasteiger partial charge on any atom is 0.323 e. The van der Waals surface area contributed by atoms with Gasteiger partial charge in [-0.3, -0.25) is 0 Å². The van der Waals surface area contributed by atoms with Crippen LogP contribution in [0.2, 0.25) is 0 Å². The Bertz CT molecular complexity index is 430. The van der Waals surface area contributed by atoms with Crippen LogP contribution in [0.5, 0.6) is 6.01 Å². The molecular formula is C12H19N5O2. The molecule has 1 aromatic heterocycles. The van der Waals surface area contributed by atoms with Crippen LogP contribution in [0.1, 0.15) is 19.3 Å². The first-order chi connectivity index (χ1) is 9.35. The van der Waals surface area contributed by atoms with Gasteiger partial charge in [0, 0.05) is 26.6 Å². The van der Waals surface area contributed by atoms with E-state index in [-0.39, 0.29) is 6.10 Å². The molecule has 104 valence electrons. The Morgan fingerprint density at radius 1 is 1.26 bits per heavy atom. The third-order valence-corrected chi connectivity index (χ3v) is 3.38. The van der Waals surface area contributed by atoms with Crippen molar-refractivity contribution in [2.24, 2.45) is 0 Å². The Balaban J connectivity index is 1.79. The second kappa shape index (κ2) is 5.56. The fourth-order valence-electron chi connectivity index (χ4n) is 2.32. The number of nitrogens with one attached hydrogen (secondary N) is 1. The molecule has 0 bridgehead atoms. The minimum Gasteiger partial charge on any atom is -0.457 e. The van der Waals surface area contributed by atoms with Gasteiger partial charge in [-0.15, -0.1) is 0 Å². The van der Waals surface area contributed by atoms with E-state index in [4.69, 9.17) is 9.47 Å². The first-order valence-electron chi connectivity index (χ1n) is 6.78. The molecule has 0 radical (unpaired) electrons. The number of aromatic nitrogens is 3. The Hall–Kier alpha value is -1.63. The van der Waals surface area contributed by atoms with Crippen molar-refractivity contribution in [1.82, 2.24) is 15.0 Å². The lowest BCUT2D eigenvalue weighted by atomic mass is 10.3. The van der Waals surface area contributed by atoms with E-state index >= 15 is 0 Å². The van der Waals surface area contributed by atoms with Crippen molar-refractivity contribution in [1.29, 1.82) is 0 Å². The Labute approximate surface area is 112 Å². The monoisotopic (exact) mass is 265 g/mol. The lowest BCUT2D eigenvalue weighted by Crippen LogP contribution is -2.23. The summed E-state index contributed by atoms with van der Waals surface area (Å²) in [6.07, 6.45) is 3.32. The van der Waals surface area contributed by atoms with Gasteiger partial charge in [0.05, 0.1) is 13.2 Å². The largest absolute Gasteiger partial charge is 0.457 e. The minimum atomic E-state index is 0.0542. The number of nitrogens with zero attached hydrogens (tertiary/aromatic N) is 4. The third kappa shape index (κ3) is 2.86. The molecule has 7 heteroatoms. The molecule has 0 saturated carbocycles. The highest BCUT2D eigenvalue weighted by atomic mass is 16.6. The number of ether oxygens (including phenoxy) is 2. The molecule has 0 aromatic carbocycles. The topological polar surface area (TPSA) is 72.4 Å². The summed E-state index contributed by atoms with van der Waals surface area (Å²) in [6, 6.07) is 0.386. The lowest BCUT2D eigenvalue weighted by Gasteiger charge is -2.17. The van der Waals surface area contributed by atoms with Gasteiger partial charge in [0.15, 0.2) is 0 Å².